The van der Waals surface area contributed by atoms with E-state index in [1.807, 2.05) is 0 Å². The third-order valence-electron chi connectivity index (χ3n) is 6.63. The van der Waals surface area contributed by atoms with Crippen LogP contribution in [0, 0.1) is 34.5 Å². The van der Waals surface area contributed by atoms with Crippen molar-refractivity contribution in [1.29, 1.82) is 0 Å². The second kappa shape index (κ2) is 2.91. The highest BCUT2D eigenvalue weighted by molar-refractivity contribution is 5.83. The van der Waals surface area contributed by atoms with E-state index in [-0.39, 0.29) is 0 Å². The van der Waals surface area contributed by atoms with Crippen LogP contribution in [0.3, 0.4) is 0 Å². The Morgan fingerprint density at radius 3 is 2.56 bits per heavy atom. The summed E-state index contributed by atoms with van der Waals surface area (Å²) in [6.07, 6.45) is 4.94. The van der Waals surface area contributed by atoms with Crippen LogP contribution >= 0.6 is 0 Å². The summed E-state index contributed by atoms with van der Waals surface area (Å²) < 4.78 is 0. The van der Waals surface area contributed by atoms with Gasteiger partial charge in [0.2, 0.25) is 0 Å². The molecule has 2 bridgehead atoms. The summed E-state index contributed by atoms with van der Waals surface area (Å²) in [7, 11) is 0. The van der Waals surface area contributed by atoms with E-state index in [4.69, 9.17) is 0 Å². The fourth-order valence-electron chi connectivity index (χ4n) is 5.62. The predicted octanol–water partition coefficient (Wildman–Crippen LogP) is 3.67. The first-order chi connectivity index (χ1) is 7.39. The molecule has 0 saturated heterocycles. The number of hydrogen-bond acceptors (Lipinski definition) is 1. The van der Waals surface area contributed by atoms with Gasteiger partial charge in [-0.2, -0.15) is 0 Å². The average Bonchev–Trinajstić information content (AvgIpc) is 2.59. The second-order valence-electron chi connectivity index (χ2n) is 7.33. The molecule has 0 aromatic rings. The number of fused-ring (bicyclic) bond motifs is 1. The van der Waals surface area contributed by atoms with Crippen LogP contribution in [0.4, 0.5) is 0 Å². The van der Waals surface area contributed by atoms with Crippen molar-refractivity contribution in [3.63, 3.8) is 0 Å². The summed E-state index contributed by atoms with van der Waals surface area (Å²) in [4.78, 5) is 12.2. The number of Topliss-reactive ketones (excluding diaryl/α,β-unsaturated/α-hetero) is 1. The molecule has 0 N–H and O–H groups in total. The molecular weight excluding hydrogens is 196 g/mol. The van der Waals surface area contributed by atoms with Gasteiger partial charge in [-0.05, 0) is 47.8 Å². The Bertz CT molecular complexity index is 343. The Morgan fingerprint density at radius 1 is 1.19 bits per heavy atom. The van der Waals surface area contributed by atoms with Crippen LogP contribution in [0.15, 0.2) is 0 Å². The van der Waals surface area contributed by atoms with Gasteiger partial charge in [-0.1, -0.05) is 27.7 Å². The van der Waals surface area contributed by atoms with Crippen molar-refractivity contribution in [2.24, 2.45) is 34.5 Å². The van der Waals surface area contributed by atoms with Crippen LogP contribution in [-0.4, -0.2) is 5.78 Å². The summed E-state index contributed by atoms with van der Waals surface area (Å²) >= 11 is 0. The highest BCUT2D eigenvalue weighted by Gasteiger charge is 2.66. The Hall–Kier alpha value is -0.330. The fraction of sp³-hybridized carbons (Fsp3) is 0.933. The highest BCUT2D eigenvalue weighted by Crippen LogP contribution is 2.71. The van der Waals surface area contributed by atoms with Crippen molar-refractivity contribution >= 4 is 5.78 Å². The van der Waals surface area contributed by atoms with Crippen molar-refractivity contribution in [2.45, 2.75) is 53.4 Å². The zero-order chi connectivity index (χ0) is 11.7. The first kappa shape index (κ1) is 10.8. The lowest BCUT2D eigenvalue weighted by atomic mass is 9.65. The molecule has 16 heavy (non-hydrogen) atoms. The van der Waals surface area contributed by atoms with Gasteiger partial charge < -0.3 is 0 Å². The average molecular weight is 220 g/mol. The monoisotopic (exact) mass is 220 g/mol. The van der Waals surface area contributed by atoms with Gasteiger partial charge in [-0.25, -0.2) is 0 Å². The number of rotatable bonds is 0. The van der Waals surface area contributed by atoms with E-state index in [1.54, 1.807) is 0 Å². The molecule has 0 aromatic carbocycles. The number of ketones is 1. The summed E-state index contributed by atoms with van der Waals surface area (Å²) in [5, 5.41) is 0. The van der Waals surface area contributed by atoms with Gasteiger partial charge >= 0.3 is 0 Å². The lowest BCUT2D eigenvalue weighted by molar-refractivity contribution is -0.130. The minimum Gasteiger partial charge on any atom is -0.299 e. The molecule has 0 radical (unpaired) electrons. The molecule has 3 aliphatic rings. The minimum atomic E-state index is 0.318. The molecule has 1 spiro atoms. The van der Waals surface area contributed by atoms with E-state index in [9.17, 15) is 4.79 Å². The quantitative estimate of drug-likeness (QED) is 0.608. The topological polar surface area (TPSA) is 17.1 Å². The second-order valence-corrected chi connectivity index (χ2v) is 7.33. The zero-order valence-electron chi connectivity index (χ0n) is 11.0. The zero-order valence-corrected chi connectivity index (χ0v) is 11.0. The van der Waals surface area contributed by atoms with Crippen molar-refractivity contribution in [3.8, 4) is 0 Å². The Balaban J connectivity index is 2.10. The van der Waals surface area contributed by atoms with Crippen LogP contribution in [-0.2, 0) is 4.79 Å². The van der Waals surface area contributed by atoms with E-state index < -0.39 is 0 Å². The number of carbonyl (C=O) groups excluding carboxylic acids is 1. The lowest BCUT2D eigenvalue weighted by Gasteiger charge is -2.38. The summed E-state index contributed by atoms with van der Waals surface area (Å²) in [6.45, 7) is 9.42. The first-order valence-corrected chi connectivity index (χ1v) is 6.92. The molecule has 0 amide bonds. The third-order valence-corrected chi connectivity index (χ3v) is 6.63. The van der Waals surface area contributed by atoms with Gasteiger partial charge in [-0.3, -0.25) is 4.79 Å². The van der Waals surface area contributed by atoms with Crippen LogP contribution in [0.25, 0.3) is 0 Å². The molecule has 5 atom stereocenters. The van der Waals surface area contributed by atoms with E-state index >= 15 is 0 Å². The fourth-order valence-corrected chi connectivity index (χ4v) is 5.62. The minimum absolute atomic E-state index is 0.318. The van der Waals surface area contributed by atoms with Crippen molar-refractivity contribution in [3.05, 3.63) is 0 Å². The third kappa shape index (κ3) is 1.01. The Kier molecular flexibility index (Phi) is 1.97. The summed E-state index contributed by atoms with van der Waals surface area (Å²) in [5.41, 5.74) is 0.800. The molecule has 90 valence electrons. The molecule has 3 saturated carbocycles. The number of carbonyl (C=O) groups is 1. The smallest absolute Gasteiger partial charge is 0.136 e. The van der Waals surface area contributed by atoms with Gasteiger partial charge in [0.1, 0.15) is 5.78 Å². The SMILES string of the molecule is CC1C(=O)CC23C[C@H]1C(C)(C)[C@@H]2CC[C@H]3C. The molecule has 3 fully saturated rings. The van der Waals surface area contributed by atoms with Crippen molar-refractivity contribution in [1.82, 2.24) is 0 Å². The maximum atomic E-state index is 12.2. The van der Waals surface area contributed by atoms with Crippen LogP contribution in [0.5, 0.6) is 0 Å². The van der Waals surface area contributed by atoms with E-state index in [0.717, 1.165) is 18.3 Å². The van der Waals surface area contributed by atoms with Gasteiger partial charge in [0.25, 0.3) is 0 Å². The van der Waals surface area contributed by atoms with Crippen molar-refractivity contribution in [2.75, 3.05) is 0 Å². The molecule has 3 rings (SSSR count). The Morgan fingerprint density at radius 2 is 1.88 bits per heavy atom. The van der Waals surface area contributed by atoms with E-state index in [2.05, 4.69) is 27.7 Å². The maximum absolute atomic E-state index is 12.2. The molecule has 0 heterocycles. The van der Waals surface area contributed by atoms with Gasteiger partial charge in [0, 0.05) is 12.3 Å². The summed E-state index contributed by atoms with van der Waals surface area (Å²) in [6, 6.07) is 0. The normalized spacial score (nSPS) is 54.1. The van der Waals surface area contributed by atoms with Gasteiger partial charge in [0.05, 0.1) is 0 Å². The molecule has 1 nitrogen and oxygen atoms in total. The van der Waals surface area contributed by atoms with Gasteiger partial charge in [0.15, 0.2) is 0 Å². The molecule has 3 aliphatic carbocycles. The van der Waals surface area contributed by atoms with Crippen LogP contribution in [0.2, 0.25) is 0 Å². The van der Waals surface area contributed by atoms with Crippen molar-refractivity contribution < 1.29 is 4.79 Å². The van der Waals surface area contributed by atoms with Gasteiger partial charge in [-0.15, -0.1) is 0 Å². The van der Waals surface area contributed by atoms with Crippen LogP contribution in [0.1, 0.15) is 53.4 Å². The molecule has 0 aliphatic heterocycles. The van der Waals surface area contributed by atoms with E-state index in [0.29, 0.717) is 28.4 Å². The lowest BCUT2D eigenvalue weighted by Crippen LogP contribution is -2.36. The maximum Gasteiger partial charge on any atom is 0.136 e. The van der Waals surface area contributed by atoms with Crippen LogP contribution < -0.4 is 0 Å². The number of hydrogen-bond donors (Lipinski definition) is 0. The largest absolute Gasteiger partial charge is 0.299 e. The molecule has 2 unspecified atom stereocenters. The molecule has 1 heteroatoms. The molecule has 0 aromatic heterocycles. The predicted molar refractivity (Wildman–Crippen MR) is 65.0 cm³/mol. The molecular formula is C15H24O. The summed E-state index contributed by atoms with van der Waals surface area (Å²) in [5.74, 6) is 3.12. The Labute approximate surface area is 99.0 Å². The highest BCUT2D eigenvalue weighted by atomic mass is 16.1. The van der Waals surface area contributed by atoms with E-state index in [1.165, 1.54) is 19.3 Å². The standard InChI is InChI=1S/C15H24O/c1-9-5-6-13-14(3,4)11-7-15(9,13)8-12(16)10(11)2/h9-11,13H,5-8H2,1-4H3/t9-,10?,11-,13+,15?/m1/s1. The first-order valence-electron chi connectivity index (χ1n) is 6.92.